The van der Waals surface area contributed by atoms with E-state index in [1.165, 1.54) is 0 Å². The second kappa shape index (κ2) is 13.1. The average molecular weight is 600 g/mol. The molecule has 1 aromatic carbocycles. The van der Waals surface area contributed by atoms with Crippen LogP contribution in [0.4, 0.5) is 11.4 Å². The van der Waals surface area contributed by atoms with Gasteiger partial charge in [-0.3, -0.25) is 24.3 Å². The minimum atomic E-state index is -1.15. The highest BCUT2D eigenvalue weighted by molar-refractivity contribution is 6.20. The van der Waals surface area contributed by atoms with Gasteiger partial charge in [0, 0.05) is 57.9 Å². The lowest BCUT2D eigenvalue weighted by Gasteiger charge is -2.27. The number of hydrogen-bond acceptors (Lipinski definition) is 7. The minimum absolute atomic E-state index is 0.0419. The van der Waals surface area contributed by atoms with Crippen LogP contribution in [0.5, 0.6) is 5.75 Å². The number of hydrogen-bond donors (Lipinski definition) is 0. The smallest absolute Gasteiger partial charge is 0.261 e. The fraction of sp³-hybridized carbons (Fsp3) is 0.412. The van der Waals surface area contributed by atoms with Gasteiger partial charge < -0.3 is 23.5 Å². The maximum atomic E-state index is 13.1. The van der Waals surface area contributed by atoms with Crippen LogP contribution in [-0.4, -0.2) is 59.6 Å². The molecule has 5 rings (SSSR count). The van der Waals surface area contributed by atoms with Crippen molar-refractivity contribution < 1.29 is 18.7 Å². The Kier molecular flexibility index (Phi) is 9.20. The Labute approximate surface area is 257 Å². The summed E-state index contributed by atoms with van der Waals surface area (Å²) < 4.78 is 13.5. The molecule has 232 valence electrons. The molecule has 0 radical (unpaired) electrons. The van der Waals surface area contributed by atoms with Gasteiger partial charge in [-0.15, -0.1) is 0 Å². The molecule has 10 heteroatoms. The van der Waals surface area contributed by atoms with Gasteiger partial charge in [-0.1, -0.05) is 0 Å². The number of carbonyl (C=O) groups is 2. The van der Waals surface area contributed by atoms with Crippen LogP contribution in [0.25, 0.3) is 11.0 Å². The maximum absolute atomic E-state index is 13.1. The van der Waals surface area contributed by atoms with Gasteiger partial charge >= 0.3 is 0 Å². The number of benzene rings is 1. The molecular weight excluding hydrogens is 558 g/mol. The lowest BCUT2D eigenvalue weighted by atomic mass is 9.90. The summed E-state index contributed by atoms with van der Waals surface area (Å²) in [5.41, 5.74) is 1.96. The van der Waals surface area contributed by atoms with Gasteiger partial charge in [0.15, 0.2) is 0 Å². The van der Waals surface area contributed by atoms with Gasteiger partial charge in [-0.2, -0.15) is 0 Å². The van der Waals surface area contributed by atoms with E-state index < -0.39 is 5.41 Å². The Balaban J connectivity index is 1.20. The number of anilines is 2. The molecule has 1 aliphatic heterocycles. The molecular formula is C34H41N5O5. The first-order valence-corrected chi connectivity index (χ1v) is 15.2. The van der Waals surface area contributed by atoms with E-state index in [1.54, 1.807) is 59.9 Å². The molecule has 0 saturated carbocycles. The third-order valence-corrected chi connectivity index (χ3v) is 8.27. The van der Waals surface area contributed by atoms with Crippen molar-refractivity contribution in [3.63, 3.8) is 0 Å². The zero-order valence-corrected chi connectivity index (χ0v) is 26.2. The first-order chi connectivity index (χ1) is 21.1. The number of carbonyl (C=O) groups excluding carboxylic acids is 2. The summed E-state index contributed by atoms with van der Waals surface area (Å²) in [6.45, 7) is 10.9. The molecule has 10 nitrogen and oxygen atoms in total. The zero-order chi connectivity index (χ0) is 31.4. The number of furan rings is 1. The van der Waals surface area contributed by atoms with Crippen molar-refractivity contribution in [1.29, 1.82) is 0 Å². The number of fused-ring (bicyclic) bond motifs is 2. The van der Waals surface area contributed by atoms with E-state index in [0.29, 0.717) is 54.3 Å². The number of ether oxygens (including phenoxy) is 1. The molecule has 0 saturated heterocycles. The summed E-state index contributed by atoms with van der Waals surface area (Å²) >= 11 is 0. The van der Waals surface area contributed by atoms with Crippen LogP contribution in [0.15, 0.2) is 70.3 Å². The van der Waals surface area contributed by atoms with Crippen LogP contribution in [0.3, 0.4) is 0 Å². The largest absolute Gasteiger partial charge is 0.494 e. The van der Waals surface area contributed by atoms with Crippen molar-refractivity contribution in [2.45, 2.75) is 53.6 Å². The molecule has 4 heterocycles. The highest BCUT2D eigenvalue weighted by Gasteiger charge is 2.45. The summed E-state index contributed by atoms with van der Waals surface area (Å²) in [6.07, 6.45) is 7.11. The first kappa shape index (κ1) is 31.0. The molecule has 0 aliphatic carbocycles. The number of aryl methyl sites for hydroxylation is 1. The number of rotatable bonds is 12. The third-order valence-electron chi connectivity index (χ3n) is 8.27. The van der Waals surface area contributed by atoms with Gasteiger partial charge in [0.2, 0.25) is 11.8 Å². The Morgan fingerprint density at radius 3 is 2.48 bits per heavy atom. The van der Waals surface area contributed by atoms with Crippen molar-refractivity contribution in [3.8, 4) is 5.75 Å². The number of aromatic nitrogens is 2. The summed E-state index contributed by atoms with van der Waals surface area (Å²) in [6, 6.07) is 13.2. The number of nitrogens with zero attached hydrogens (tertiary/aromatic N) is 5. The molecule has 4 aromatic rings. The van der Waals surface area contributed by atoms with Gasteiger partial charge in [0.05, 0.1) is 23.4 Å². The quantitative estimate of drug-likeness (QED) is 0.167. The van der Waals surface area contributed by atoms with E-state index in [2.05, 4.69) is 9.88 Å². The van der Waals surface area contributed by atoms with Gasteiger partial charge in [-0.05, 0) is 89.0 Å². The van der Waals surface area contributed by atoms with Gasteiger partial charge in [0.1, 0.15) is 22.5 Å². The molecule has 3 aromatic heterocycles. The fourth-order valence-corrected chi connectivity index (χ4v) is 5.74. The molecule has 0 fully saturated rings. The fourth-order valence-electron chi connectivity index (χ4n) is 5.74. The lowest BCUT2D eigenvalue weighted by Crippen LogP contribution is -2.47. The third kappa shape index (κ3) is 6.40. The van der Waals surface area contributed by atoms with E-state index in [1.807, 2.05) is 50.2 Å². The predicted octanol–water partition coefficient (Wildman–Crippen LogP) is 5.01. The Morgan fingerprint density at radius 2 is 1.73 bits per heavy atom. The zero-order valence-electron chi connectivity index (χ0n) is 26.2. The Bertz CT molecular complexity index is 1690. The van der Waals surface area contributed by atoms with Gasteiger partial charge in [-0.25, -0.2) is 0 Å². The molecule has 0 spiro atoms. The van der Waals surface area contributed by atoms with Crippen LogP contribution < -0.4 is 20.1 Å². The molecule has 0 N–H and O–H groups in total. The standard InChI is InChI=1S/C34H41N5O5/c1-6-39-28-10-9-26(22-29(28)36(5)32(41)34(3,4)33(39)42)43-20-8-7-16-37(23-25-11-14-35-15-12-25)18-19-38-17-13-30-27(31(38)40)21-24(2)44-30/h9-15,17,21-22H,6-8,16,18-20,23H2,1-5H3. The molecule has 0 atom stereocenters. The molecule has 0 unspecified atom stereocenters. The second-order valence-corrected chi connectivity index (χ2v) is 11.8. The van der Waals surface area contributed by atoms with Crippen LogP contribution in [0, 0.1) is 12.3 Å². The van der Waals surface area contributed by atoms with Crippen LogP contribution in [0.1, 0.15) is 44.9 Å². The van der Waals surface area contributed by atoms with Crippen molar-refractivity contribution in [1.82, 2.24) is 14.5 Å². The predicted molar refractivity (Wildman–Crippen MR) is 171 cm³/mol. The minimum Gasteiger partial charge on any atom is -0.494 e. The number of amides is 2. The molecule has 2 amide bonds. The maximum Gasteiger partial charge on any atom is 0.261 e. The van der Waals surface area contributed by atoms with E-state index >= 15 is 0 Å². The lowest BCUT2D eigenvalue weighted by molar-refractivity contribution is -0.137. The summed E-state index contributed by atoms with van der Waals surface area (Å²) in [5.74, 6) is 0.935. The monoisotopic (exact) mass is 599 g/mol. The average Bonchev–Trinajstić information content (AvgIpc) is 3.40. The Hall–Kier alpha value is -4.44. The number of pyridine rings is 2. The van der Waals surface area contributed by atoms with Crippen LogP contribution in [0.2, 0.25) is 0 Å². The molecule has 1 aliphatic rings. The van der Waals surface area contributed by atoms with Crippen molar-refractivity contribution in [3.05, 3.63) is 82.7 Å². The van der Waals surface area contributed by atoms with E-state index in [0.717, 1.165) is 37.3 Å². The topological polar surface area (TPSA) is 101 Å². The van der Waals surface area contributed by atoms with Crippen LogP contribution in [-0.2, 0) is 22.7 Å². The van der Waals surface area contributed by atoms with Crippen molar-refractivity contribution >= 4 is 34.2 Å². The van der Waals surface area contributed by atoms with E-state index in [4.69, 9.17) is 9.15 Å². The first-order valence-electron chi connectivity index (χ1n) is 15.2. The Morgan fingerprint density at radius 1 is 0.955 bits per heavy atom. The highest BCUT2D eigenvalue weighted by atomic mass is 16.5. The summed E-state index contributed by atoms with van der Waals surface area (Å²) in [4.78, 5) is 49.0. The van der Waals surface area contributed by atoms with E-state index in [9.17, 15) is 14.4 Å². The molecule has 44 heavy (non-hydrogen) atoms. The van der Waals surface area contributed by atoms with Crippen molar-refractivity contribution in [2.75, 3.05) is 43.1 Å². The molecule has 0 bridgehead atoms. The van der Waals surface area contributed by atoms with Crippen LogP contribution >= 0.6 is 0 Å². The number of unbranched alkanes of at least 4 members (excludes halogenated alkanes) is 1. The van der Waals surface area contributed by atoms with Crippen molar-refractivity contribution in [2.24, 2.45) is 5.41 Å². The normalized spacial score (nSPS) is 14.8. The van der Waals surface area contributed by atoms with E-state index in [-0.39, 0.29) is 17.4 Å². The highest BCUT2D eigenvalue weighted by Crippen LogP contribution is 2.40. The summed E-state index contributed by atoms with van der Waals surface area (Å²) in [5, 5.41) is 0.605. The summed E-state index contributed by atoms with van der Waals surface area (Å²) in [7, 11) is 1.71. The second-order valence-electron chi connectivity index (χ2n) is 11.8. The van der Waals surface area contributed by atoms with Gasteiger partial charge in [0.25, 0.3) is 5.56 Å². The SMILES string of the molecule is CCN1C(=O)C(C)(C)C(=O)N(C)c2cc(OCCCCN(CCn3ccc4oc(C)cc4c3=O)Cc3ccncc3)ccc21.